The maximum Gasteiger partial charge on any atom is 0.293 e. The van der Waals surface area contributed by atoms with Crippen LogP contribution in [0.2, 0.25) is 0 Å². The Balaban J connectivity index is 2.07. The average Bonchev–Trinajstić information content (AvgIpc) is 2.76. The molecule has 7 heteroatoms. The number of halogens is 1. The first kappa shape index (κ1) is 16.0. The standard InChI is InChI=1S/C15H13FN2O3S/c1-2-13(19)17-7-8-18-14(20)12(22-15(18)21)9-10-5-3-4-6-11(10)16/h2-6,9H,1,7-8H2,(H,17,19). The molecule has 1 saturated heterocycles. The Kier molecular flexibility index (Phi) is 5.11. The van der Waals surface area contributed by atoms with Crippen molar-refractivity contribution in [2.24, 2.45) is 0 Å². The number of carbonyl (C=O) groups excluding carboxylic acids is 3. The van der Waals surface area contributed by atoms with Gasteiger partial charge in [0.15, 0.2) is 0 Å². The smallest absolute Gasteiger partial charge is 0.293 e. The van der Waals surface area contributed by atoms with Gasteiger partial charge in [-0.3, -0.25) is 19.3 Å². The highest BCUT2D eigenvalue weighted by molar-refractivity contribution is 8.18. The predicted octanol–water partition coefficient (Wildman–Crippen LogP) is 2.16. The lowest BCUT2D eigenvalue weighted by molar-refractivity contribution is -0.123. The number of benzene rings is 1. The third kappa shape index (κ3) is 3.62. The lowest BCUT2D eigenvalue weighted by atomic mass is 10.2. The lowest BCUT2D eigenvalue weighted by Gasteiger charge is -2.12. The quantitative estimate of drug-likeness (QED) is 0.844. The molecule has 1 aromatic rings. The summed E-state index contributed by atoms with van der Waals surface area (Å²) in [5.74, 6) is -1.34. The molecular formula is C15H13FN2O3S. The van der Waals surface area contributed by atoms with Crippen LogP contribution in [0.4, 0.5) is 9.18 Å². The molecule has 3 amide bonds. The Morgan fingerprint density at radius 2 is 2.09 bits per heavy atom. The zero-order valence-electron chi connectivity index (χ0n) is 11.5. The van der Waals surface area contributed by atoms with Gasteiger partial charge in [0.2, 0.25) is 5.91 Å². The number of hydrogen-bond acceptors (Lipinski definition) is 4. The van der Waals surface area contributed by atoms with Crippen LogP contribution >= 0.6 is 11.8 Å². The SMILES string of the molecule is C=CC(=O)NCCN1C(=O)SC(=Cc2ccccc2F)C1=O. The van der Waals surface area contributed by atoms with Gasteiger partial charge in [0, 0.05) is 18.7 Å². The van der Waals surface area contributed by atoms with E-state index in [1.165, 1.54) is 18.2 Å². The average molecular weight is 320 g/mol. The Morgan fingerprint density at radius 3 is 2.77 bits per heavy atom. The van der Waals surface area contributed by atoms with Gasteiger partial charge in [0.25, 0.3) is 11.1 Å². The fourth-order valence-electron chi connectivity index (χ4n) is 1.79. The summed E-state index contributed by atoms with van der Waals surface area (Å²) in [5, 5.41) is 2.04. The molecule has 0 atom stereocenters. The first-order valence-electron chi connectivity index (χ1n) is 6.43. The van der Waals surface area contributed by atoms with Crippen molar-refractivity contribution >= 4 is 34.9 Å². The fourth-order valence-corrected chi connectivity index (χ4v) is 2.65. The van der Waals surface area contributed by atoms with Gasteiger partial charge in [-0.25, -0.2) is 4.39 Å². The van der Waals surface area contributed by atoms with Crippen LogP contribution in [0.1, 0.15) is 5.56 Å². The lowest BCUT2D eigenvalue weighted by Crippen LogP contribution is -2.36. The molecule has 22 heavy (non-hydrogen) atoms. The van der Waals surface area contributed by atoms with Gasteiger partial charge < -0.3 is 5.32 Å². The van der Waals surface area contributed by atoms with Crippen molar-refractivity contribution < 1.29 is 18.8 Å². The number of rotatable bonds is 5. The van der Waals surface area contributed by atoms with E-state index in [4.69, 9.17) is 0 Å². The number of imide groups is 1. The molecule has 1 aromatic carbocycles. The molecule has 0 spiro atoms. The molecule has 1 heterocycles. The molecule has 114 valence electrons. The highest BCUT2D eigenvalue weighted by Crippen LogP contribution is 2.32. The molecule has 0 saturated carbocycles. The van der Waals surface area contributed by atoms with E-state index in [0.29, 0.717) is 0 Å². The Morgan fingerprint density at radius 1 is 1.36 bits per heavy atom. The van der Waals surface area contributed by atoms with Crippen molar-refractivity contribution in [3.8, 4) is 0 Å². The van der Waals surface area contributed by atoms with Gasteiger partial charge in [0.1, 0.15) is 5.82 Å². The maximum absolute atomic E-state index is 13.6. The van der Waals surface area contributed by atoms with Gasteiger partial charge in [-0.15, -0.1) is 0 Å². The Hall–Kier alpha value is -2.41. The second-order valence-electron chi connectivity index (χ2n) is 4.35. The molecule has 2 rings (SSSR count). The van der Waals surface area contributed by atoms with Crippen molar-refractivity contribution in [3.05, 3.63) is 53.2 Å². The van der Waals surface area contributed by atoms with Crippen LogP contribution < -0.4 is 5.32 Å². The van der Waals surface area contributed by atoms with Crippen LogP contribution in [0.3, 0.4) is 0 Å². The number of hydrogen-bond donors (Lipinski definition) is 1. The van der Waals surface area contributed by atoms with Crippen LogP contribution in [0.25, 0.3) is 6.08 Å². The van der Waals surface area contributed by atoms with Gasteiger partial charge >= 0.3 is 0 Å². The third-order valence-electron chi connectivity index (χ3n) is 2.89. The van der Waals surface area contributed by atoms with E-state index in [2.05, 4.69) is 11.9 Å². The highest BCUT2D eigenvalue weighted by Gasteiger charge is 2.34. The molecule has 0 unspecified atom stereocenters. The van der Waals surface area contributed by atoms with Crippen LogP contribution in [0.5, 0.6) is 0 Å². The second-order valence-corrected chi connectivity index (χ2v) is 5.34. The van der Waals surface area contributed by atoms with Gasteiger partial charge in [-0.2, -0.15) is 0 Å². The molecular weight excluding hydrogens is 307 g/mol. The zero-order chi connectivity index (χ0) is 16.1. The monoisotopic (exact) mass is 320 g/mol. The first-order chi connectivity index (χ1) is 10.5. The summed E-state index contributed by atoms with van der Waals surface area (Å²) < 4.78 is 13.6. The summed E-state index contributed by atoms with van der Waals surface area (Å²) in [6.45, 7) is 3.49. The van der Waals surface area contributed by atoms with Crippen molar-refractivity contribution in [3.63, 3.8) is 0 Å². The molecule has 1 N–H and O–H groups in total. The summed E-state index contributed by atoms with van der Waals surface area (Å²) in [4.78, 5) is 36.1. The second kappa shape index (κ2) is 7.04. The van der Waals surface area contributed by atoms with E-state index in [0.717, 1.165) is 22.7 Å². The van der Waals surface area contributed by atoms with E-state index >= 15 is 0 Å². The molecule has 1 fully saturated rings. The minimum absolute atomic E-state index is 0.0544. The van der Waals surface area contributed by atoms with E-state index in [9.17, 15) is 18.8 Å². The van der Waals surface area contributed by atoms with Crippen molar-refractivity contribution in [2.45, 2.75) is 0 Å². The Labute approximate surface area is 130 Å². The third-order valence-corrected chi connectivity index (χ3v) is 3.79. The van der Waals surface area contributed by atoms with Gasteiger partial charge in [0.05, 0.1) is 4.91 Å². The molecule has 5 nitrogen and oxygen atoms in total. The van der Waals surface area contributed by atoms with E-state index in [1.54, 1.807) is 12.1 Å². The fraction of sp³-hybridized carbons (Fsp3) is 0.133. The van der Waals surface area contributed by atoms with Crippen molar-refractivity contribution in [1.82, 2.24) is 10.2 Å². The molecule has 0 bridgehead atoms. The largest absolute Gasteiger partial charge is 0.351 e. The normalized spacial score (nSPS) is 16.2. The van der Waals surface area contributed by atoms with Crippen molar-refractivity contribution in [2.75, 3.05) is 13.1 Å². The minimum atomic E-state index is -0.494. The number of carbonyl (C=O) groups is 3. The van der Waals surface area contributed by atoms with Crippen LogP contribution in [-0.4, -0.2) is 35.0 Å². The predicted molar refractivity (Wildman–Crippen MR) is 82.3 cm³/mol. The zero-order valence-corrected chi connectivity index (χ0v) is 12.4. The van der Waals surface area contributed by atoms with Gasteiger partial charge in [-0.1, -0.05) is 24.8 Å². The highest BCUT2D eigenvalue weighted by atomic mass is 32.2. The summed E-state index contributed by atoms with van der Waals surface area (Å²) in [7, 11) is 0. The van der Waals surface area contributed by atoms with Crippen LogP contribution in [0, 0.1) is 5.82 Å². The number of thioether (sulfide) groups is 1. The van der Waals surface area contributed by atoms with Gasteiger partial charge in [-0.05, 0) is 30.0 Å². The Bertz CT molecular complexity index is 673. The molecule has 0 aromatic heterocycles. The number of amides is 3. The number of nitrogens with zero attached hydrogens (tertiary/aromatic N) is 1. The molecule has 1 aliphatic heterocycles. The molecule has 1 aliphatic rings. The molecule has 0 aliphatic carbocycles. The maximum atomic E-state index is 13.6. The van der Waals surface area contributed by atoms with Crippen molar-refractivity contribution in [1.29, 1.82) is 0 Å². The van der Waals surface area contributed by atoms with E-state index in [-0.39, 0.29) is 29.5 Å². The summed E-state index contributed by atoms with van der Waals surface area (Å²) >= 11 is 0.749. The first-order valence-corrected chi connectivity index (χ1v) is 7.24. The minimum Gasteiger partial charge on any atom is -0.351 e. The summed E-state index contributed by atoms with van der Waals surface area (Å²) in [5.41, 5.74) is 0.243. The number of nitrogens with one attached hydrogen (secondary N) is 1. The van der Waals surface area contributed by atoms with E-state index < -0.39 is 17.0 Å². The van der Waals surface area contributed by atoms with Crippen LogP contribution in [0.15, 0.2) is 41.8 Å². The van der Waals surface area contributed by atoms with Crippen LogP contribution in [-0.2, 0) is 9.59 Å². The summed E-state index contributed by atoms with van der Waals surface area (Å²) in [6, 6.07) is 5.99. The van der Waals surface area contributed by atoms with E-state index in [1.807, 2.05) is 0 Å². The molecule has 0 radical (unpaired) electrons. The topological polar surface area (TPSA) is 66.5 Å². The summed E-state index contributed by atoms with van der Waals surface area (Å²) in [6.07, 6.45) is 2.45.